The van der Waals surface area contributed by atoms with E-state index in [9.17, 15) is 27.6 Å². The van der Waals surface area contributed by atoms with Gasteiger partial charge in [-0.3, -0.25) is 4.68 Å². The third-order valence-corrected chi connectivity index (χ3v) is 6.00. The molecule has 2 unspecified atom stereocenters. The van der Waals surface area contributed by atoms with E-state index >= 15 is 0 Å². The van der Waals surface area contributed by atoms with E-state index in [0.717, 1.165) is 36.4 Å². The first-order chi connectivity index (χ1) is 16.7. The standard InChI is InChI=1S/C23H26F3N5O5/c1-12-13(8-31-9-14(7-27-31)19(32)35-20(33)23(24,25)26)5-6-17(28-12)30-10-15-16(11-30)18(15)29-21(34)36-22(2,3)4/h5-7,9,15-16,18H,8,10-11H2,1-4H3,(H,29,34). The van der Waals surface area contributed by atoms with Crippen molar-refractivity contribution in [2.45, 2.75) is 52.1 Å². The number of nitrogens with zero attached hydrogens (tertiary/aromatic N) is 4. The summed E-state index contributed by atoms with van der Waals surface area (Å²) >= 11 is 0. The first-order valence-electron chi connectivity index (χ1n) is 11.3. The van der Waals surface area contributed by atoms with E-state index in [1.54, 1.807) is 0 Å². The number of rotatable bonds is 5. The lowest BCUT2D eigenvalue weighted by atomic mass is 10.2. The summed E-state index contributed by atoms with van der Waals surface area (Å²) in [4.78, 5) is 41.4. The molecule has 2 aromatic heterocycles. The van der Waals surface area contributed by atoms with Gasteiger partial charge in [0.1, 0.15) is 11.4 Å². The number of anilines is 1. The lowest BCUT2D eigenvalue weighted by Crippen LogP contribution is -2.38. The Hall–Kier alpha value is -3.64. The summed E-state index contributed by atoms with van der Waals surface area (Å²) in [5.74, 6) is -2.53. The van der Waals surface area contributed by atoms with Crippen LogP contribution in [0.1, 0.15) is 42.4 Å². The van der Waals surface area contributed by atoms with Gasteiger partial charge in [0.05, 0.1) is 18.3 Å². The van der Waals surface area contributed by atoms with Gasteiger partial charge in [-0.1, -0.05) is 6.07 Å². The number of aryl methyl sites for hydroxylation is 1. The number of hydrogen-bond acceptors (Lipinski definition) is 8. The Kier molecular flexibility index (Phi) is 6.43. The number of halogens is 3. The zero-order valence-electron chi connectivity index (χ0n) is 20.1. The minimum atomic E-state index is -5.26. The molecule has 2 aliphatic rings. The zero-order chi connectivity index (χ0) is 26.4. The number of carbonyl (C=O) groups excluding carboxylic acids is 3. The first kappa shape index (κ1) is 25.5. The van der Waals surface area contributed by atoms with Crippen LogP contribution < -0.4 is 10.2 Å². The van der Waals surface area contributed by atoms with Crippen molar-refractivity contribution in [2.24, 2.45) is 11.8 Å². The van der Waals surface area contributed by atoms with E-state index in [1.807, 2.05) is 39.8 Å². The number of amides is 1. The molecule has 4 rings (SSSR count). The van der Waals surface area contributed by atoms with E-state index in [-0.39, 0.29) is 18.2 Å². The maximum Gasteiger partial charge on any atom is 0.491 e. The molecule has 1 aliphatic heterocycles. The van der Waals surface area contributed by atoms with Crippen LogP contribution in [0.4, 0.5) is 23.8 Å². The van der Waals surface area contributed by atoms with Crippen LogP contribution in [0, 0.1) is 18.8 Å². The molecular weight excluding hydrogens is 483 g/mol. The van der Waals surface area contributed by atoms with Crippen LogP contribution in [-0.2, 0) is 20.8 Å². The topological polar surface area (TPSA) is 116 Å². The molecule has 0 spiro atoms. The molecule has 1 N–H and O–H groups in total. The Bertz CT molecular complexity index is 1180. The van der Waals surface area contributed by atoms with Gasteiger partial charge in [0.15, 0.2) is 0 Å². The van der Waals surface area contributed by atoms with Gasteiger partial charge in [0.25, 0.3) is 0 Å². The number of aromatic nitrogens is 3. The second-order valence-electron chi connectivity index (χ2n) is 9.92. The monoisotopic (exact) mass is 509 g/mol. The predicted molar refractivity (Wildman–Crippen MR) is 119 cm³/mol. The maximum atomic E-state index is 12.3. The number of hydrogen-bond donors (Lipinski definition) is 1. The molecule has 1 amide bonds. The van der Waals surface area contributed by atoms with Gasteiger partial charge >= 0.3 is 24.2 Å². The molecule has 2 fully saturated rings. The third-order valence-electron chi connectivity index (χ3n) is 6.00. The number of carbonyl (C=O) groups is 3. The molecule has 1 aliphatic carbocycles. The van der Waals surface area contributed by atoms with Gasteiger partial charge in [0, 0.05) is 42.9 Å². The lowest BCUT2D eigenvalue weighted by Gasteiger charge is -2.23. The van der Waals surface area contributed by atoms with E-state index < -0.39 is 29.8 Å². The fraction of sp³-hybridized carbons (Fsp3) is 0.522. The zero-order valence-corrected chi connectivity index (χ0v) is 20.1. The van der Waals surface area contributed by atoms with Crippen molar-refractivity contribution in [3.05, 3.63) is 41.3 Å². The molecule has 0 aromatic carbocycles. The summed E-state index contributed by atoms with van der Waals surface area (Å²) < 4.78 is 47.3. The molecule has 194 valence electrons. The Morgan fingerprint density at radius 3 is 2.39 bits per heavy atom. The SMILES string of the molecule is Cc1nc(N2CC3C(C2)C3NC(=O)OC(C)(C)C)ccc1Cn1cc(C(=O)OC(=O)C(F)(F)F)cn1. The summed E-state index contributed by atoms with van der Waals surface area (Å²) in [7, 11) is 0. The van der Waals surface area contributed by atoms with Crippen LogP contribution in [0.15, 0.2) is 24.5 Å². The lowest BCUT2D eigenvalue weighted by molar-refractivity contribution is -0.193. The largest absolute Gasteiger partial charge is 0.491 e. The molecule has 1 saturated heterocycles. The summed E-state index contributed by atoms with van der Waals surface area (Å²) in [6.45, 7) is 9.02. The van der Waals surface area contributed by atoms with Gasteiger partial charge in [0.2, 0.25) is 0 Å². The summed E-state index contributed by atoms with van der Waals surface area (Å²) in [5.41, 5.74) is 0.697. The highest BCUT2D eigenvalue weighted by Gasteiger charge is 2.57. The van der Waals surface area contributed by atoms with Crippen molar-refractivity contribution in [1.82, 2.24) is 20.1 Å². The fourth-order valence-corrected chi connectivity index (χ4v) is 4.22. The summed E-state index contributed by atoms with van der Waals surface area (Å²) in [6, 6.07) is 3.83. The van der Waals surface area contributed by atoms with Crippen LogP contribution in [0.25, 0.3) is 0 Å². The number of piperidine rings is 1. The van der Waals surface area contributed by atoms with Gasteiger partial charge < -0.3 is 19.7 Å². The molecule has 1 saturated carbocycles. The molecular formula is C23H26F3N5O5. The fourth-order valence-electron chi connectivity index (χ4n) is 4.22. The van der Waals surface area contributed by atoms with E-state index in [0.29, 0.717) is 11.8 Å². The number of esters is 2. The molecule has 36 heavy (non-hydrogen) atoms. The smallest absolute Gasteiger partial charge is 0.444 e. The molecule has 13 heteroatoms. The molecule has 2 atom stereocenters. The second kappa shape index (κ2) is 9.10. The second-order valence-corrected chi connectivity index (χ2v) is 9.92. The Morgan fingerprint density at radius 1 is 1.14 bits per heavy atom. The Labute approximate surface area is 204 Å². The number of alkyl carbamates (subject to hydrolysis) is 1. The van der Waals surface area contributed by atoms with Crippen molar-refractivity contribution >= 4 is 23.8 Å². The van der Waals surface area contributed by atoms with Crippen molar-refractivity contribution in [3.63, 3.8) is 0 Å². The van der Waals surface area contributed by atoms with E-state index in [1.165, 1.54) is 10.9 Å². The van der Waals surface area contributed by atoms with E-state index in [2.05, 4.69) is 25.0 Å². The van der Waals surface area contributed by atoms with Gasteiger partial charge in [-0.2, -0.15) is 18.3 Å². The number of ether oxygens (including phenoxy) is 2. The van der Waals surface area contributed by atoms with Crippen LogP contribution in [0.5, 0.6) is 0 Å². The minimum Gasteiger partial charge on any atom is -0.444 e. The average molecular weight is 509 g/mol. The van der Waals surface area contributed by atoms with Crippen molar-refractivity contribution < 1.29 is 37.0 Å². The normalized spacial score (nSPS) is 21.1. The van der Waals surface area contributed by atoms with Gasteiger partial charge in [-0.25, -0.2) is 19.4 Å². The Morgan fingerprint density at radius 2 is 1.81 bits per heavy atom. The molecule has 0 radical (unpaired) electrons. The van der Waals surface area contributed by atoms with Gasteiger partial charge in [-0.15, -0.1) is 0 Å². The third kappa shape index (κ3) is 5.77. The summed E-state index contributed by atoms with van der Waals surface area (Å²) in [6.07, 6.45) is -3.44. The van der Waals surface area contributed by atoms with Crippen molar-refractivity contribution in [1.29, 1.82) is 0 Å². The maximum absolute atomic E-state index is 12.3. The molecule has 3 heterocycles. The highest BCUT2D eigenvalue weighted by atomic mass is 19.4. The Balaban J connectivity index is 1.31. The van der Waals surface area contributed by atoms with Gasteiger partial charge in [-0.05, 0) is 39.3 Å². The van der Waals surface area contributed by atoms with Crippen LogP contribution >= 0.6 is 0 Å². The number of fused-ring (bicyclic) bond motifs is 1. The van der Waals surface area contributed by atoms with Crippen molar-refractivity contribution in [3.8, 4) is 0 Å². The molecule has 0 bridgehead atoms. The highest BCUT2D eigenvalue weighted by molar-refractivity contribution is 5.97. The first-order valence-corrected chi connectivity index (χ1v) is 11.3. The predicted octanol–water partition coefficient (Wildman–Crippen LogP) is 2.84. The van der Waals surface area contributed by atoms with E-state index in [4.69, 9.17) is 4.74 Å². The summed E-state index contributed by atoms with van der Waals surface area (Å²) in [5, 5.41) is 6.89. The highest BCUT2D eigenvalue weighted by Crippen LogP contribution is 2.46. The molecule has 2 aromatic rings. The van der Waals surface area contributed by atoms with Crippen LogP contribution in [0.3, 0.4) is 0 Å². The number of pyridine rings is 1. The average Bonchev–Trinajstić information content (AvgIpc) is 3.12. The van der Waals surface area contributed by atoms with Crippen LogP contribution in [-0.4, -0.2) is 63.7 Å². The quantitative estimate of drug-likeness (QED) is 0.483. The molecule has 10 nitrogen and oxygen atoms in total. The number of nitrogens with one attached hydrogen (secondary N) is 1. The number of alkyl halides is 3. The van der Waals surface area contributed by atoms with Crippen LogP contribution in [0.2, 0.25) is 0 Å². The van der Waals surface area contributed by atoms with Crippen molar-refractivity contribution in [2.75, 3.05) is 18.0 Å². The minimum absolute atomic E-state index is 0.101.